The quantitative estimate of drug-likeness (QED) is 0.883. The Bertz CT molecular complexity index is 563. The Morgan fingerprint density at radius 3 is 2.52 bits per heavy atom. The van der Waals surface area contributed by atoms with Gasteiger partial charge in [0.2, 0.25) is 11.8 Å². The maximum absolute atomic E-state index is 12.2. The lowest BCUT2D eigenvalue weighted by molar-refractivity contribution is -0.123. The number of aromatic nitrogens is 1. The number of anilines is 1. The number of likely N-dealkylation sites (tertiary alicyclic amines) is 1. The highest BCUT2D eigenvalue weighted by atomic mass is 16.5. The van der Waals surface area contributed by atoms with E-state index < -0.39 is 0 Å². The molecule has 23 heavy (non-hydrogen) atoms. The Balaban J connectivity index is 1.44. The van der Waals surface area contributed by atoms with E-state index in [1.165, 1.54) is 0 Å². The summed E-state index contributed by atoms with van der Waals surface area (Å²) in [6.45, 7) is 1.29. The number of hydrogen-bond donors (Lipinski definition) is 2. The Labute approximate surface area is 135 Å². The molecule has 3 rings (SSSR count). The van der Waals surface area contributed by atoms with E-state index in [0.717, 1.165) is 25.7 Å². The molecule has 1 saturated carbocycles. The van der Waals surface area contributed by atoms with Gasteiger partial charge >= 0.3 is 6.03 Å². The molecular weight excluding hydrogens is 296 g/mol. The molecule has 0 spiro atoms. The van der Waals surface area contributed by atoms with Gasteiger partial charge in [-0.1, -0.05) is 0 Å². The number of pyridine rings is 1. The highest BCUT2D eigenvalue weighted by Crippen LogP contribution is 2.29. The number of ether oxygens (including phenoxy) is 1. The molecule has 2 heterocycles. The molecule has 2 aliphatic rings. The van der Waals surface area contributed by atoms with Gasteiger partial charge in [0.1, 0.15) is 0 Å². The van der Waals surface area contributed by atoms with E-state index in [-0.39, 0.29) is 23.9 Å². The number of hydrogen-bond acceptors (Lipinski definition) is 4. The molecule has 0 radical (unpaired) electrons. The van der Waals surface area contributed by atoms with Crippen molar-refractivity contribution in [3.05, 3.63) is 18.3 Å². The fourth-order valence-corrected chi connectivity index (χ4v) is 2.67. The zero-order chi connectivity index (χ0) is 16.2. The number of urea groups is 1. The van der Waals surface area contributed by atoms with Crippen LogP contribution in [0.2, 0.25) is 0 Å². The van der Waals surface area contributed by atoms with E-state index in [0.29, 0.717) is 24.7 Å². The zero-order valence-corrected chi connectivity index (χ0v) is 13.2. The molecule has 124 valence electrons. The second kappa shape index (κ2) is 6.85. The number of methoxy groups -OCH3 is 1. The minimum absolute atomic E-state index is 0.135. The van der Waals surface area contributed by atoms with Crippen LogP contribution in [0.15, 0.2) is 18.3 Å². The molecule has 0 bridgehead atoms. The monoisotopic (exact) mass is 318 g/mol. The maximum atomic E-state index is 12.2. The number of amides is 3. The molecule has 1 aromatic rings. The van der Waals surface area contributed by atoms with Crippen molar-refractivity contribution in [3.63, 3.8) is 0 Å². The number of carbonyl (C=O) groups is 2. The van der Waals surface area contributed by atoms with Crippen molar-refractivity contribution in [1.82, 2.24) is 15.2 Å². The highest BCUT2D eigenvalue weighted by Gasteiger charge is 2.32. The van der Waals surface area contributed by atoms with Crippen LogP contribution in [0.25, 0.3) is 0 Å². The summed E-state index contributed by atoms with van der Waals surface area (Å²) in [4.78, 5) is 29.8. The smallest absolute Gasteiger partial charge is 0.321 e. The summed E-state index contributed by atoms with van der Waals surface area (Å²) < 4.78 is 4.99. The molecule has 0 aromatic carbocycles. The maximum Gasteiger partial charge on any atom is 0.321 e. The van der Waals surface area contributed by atoms with E-state index in [9.17, 15) is 9.59 Å². The van der Waals surface area contributed by atoms with E-state index >= 15 is 0 Å². The molecule has 7 nitrogen and oxygen atoms in total. The lowest BCUT2D eigenvalue weighted by atomic mass is 10.1. The van der Waals surface area contributed by atoms with Gasteiger partial charge in [0.15, 0.2) is 0 Å². The summed E-state index contributed by atoms with van der Waals surface area (Å²) in [6.07, 6.45) is 5.20. The lowest BCUT2D eigenvalue weighted by Gasteiger charge is -2.32. The van der Waals surface area contributed by atoms with Crippen molar-refractivity contribution in [2.24, 2.45) is 5.92 Å². The molecule has 2 fully saturated rings. The molecule has 1 aliphatic carbocycles. The van der Waals surface area contributed by atoms with Crippen LogP contribution in [0.5, 0.6) is 5.88 Å². The summed E-state index contributed by atoms with van der Waals surface area (Å²) >= 11 is 0. The van der Waals surface area contributed by atoms with Gasteiger partial charge in [0, 0.05) is 31.1 Å². The topological polar surface area (TPSA) is 83.6 Å². The van der Waals surface area contributed by atoms with Gasteiger partial charge in [-0.25, -0.2) is 9.78 Å². The van der Waals surface area contributed by atoms with Crippen LogP contribution < -0.4 is 15.4 Å². The van der Waals surface area contributed by atoms with Gasteiger partial charge < -0.3 is 20.3 Å². The molecule has 1 saturated heterocycles. The first-order valence-corrected chi connectivity index (χ1v) is 8.02. The summed E-state index contributed by atoms with van der Waals surface area (Å²) in [6, 6.07) is 3.51. The Kier molecular flexibility index (Phi) is 4.64. The number of nitrogens with zero attached hydrogens (tertiary/aromatic N) is 2. The third kappa shape index (κ3) is 4.12. The molecule has 2 N–H and O–H groups in total. The number of piperidine rings is 1. The van der Waals surface area contributed by atoms with E-state index in [1.807, 2.05) is 0 Å². The van der Waals surface area contributed by atoms with Crippen LogP contribution in [0.1, 0.15) is 25.7 Å². The SMILES string of the molecule is COc1ccc(NC(=O)N2CCC(NC(=O)C3CC3)CC2)cn1. The standard InChI is InChI=1S/C16H22N4O3/c1-23-14-5-4-13(10-17-14)19-16(22)20-8-6-12(7-9-20)18-15(21)11-2-3-11/h4-5,10-12H,2-3,6-9H2,1H3,(H,18,21)(H,19,22). The Morgan fingerprint density at radius 1 is 1.22 bits per heavy atom. The molecule has 1 aliphatic heterocycles. The minimum Gasteiger partial charge on any atom is -0.481 e. The number of carbonyl (C=O) groups excluding carboxylic acids is 2. The van der Waals surface area contributed by atoms with Crippen LogP contribution in [-0.2, 0) is 4.79 Å². The Morgan fingerprint density at radius 2 is 1.96 bits per heavy atom. The summed E-state index contributed by atoms with van der Waals surface area (Å²) in [7, 11) is 1.55. The molecule has 0 atom stereocenters. The first-order chi connectivity index (χ1) is 11.2. The highest BCUT2D eigenvalue weighted by molar-refractivity contribution is 5.89. The van der Waals surface area contributed by atoms with Crippen LogP contribution in [0, 0.1) is 5.92 Å². The van der Waals surface area contributed by atoms with Crippen LogP contribution in [-0.4, -0.2) is 48.1 Å². The normalized spacial score (nSPS) is 18.4. The van der Waals surface area contributed by atoms with Crippen LogP contribution >= 0.6 is 0 Å². The third-order valence-corrected chi connectivity index (χ3v) is 4.27. The van der Waals surface area contributed by atoms with Gasteiger partial charge in [-0.3, -0.25) is 4.79 Å². The predicted molar refractivity (Wildman–Crippen MR) is 85.3 cm³/mol. The molecule has 7 heteroatoms. The second-order valence-electron chi connectivity index (χ2n) is 6.06. The molecular formula is C16H22N4O3. The first kappa shape index (κ1) is 15.6. The fourth-order valence-electron chi connectivity index (χ4n) is 2.67. The van der Waals surface area contributed by atoms with Crippen LogP contribution in [0.4, 0.5) is 10.5 Å². The Hall–Kier alpha value is -2.31. The van der Waals surface area contributed by atoms with Gasteiger partial charge in [-0.2, -0.15) is 0 Å². The van der Waals surface area contributed by atoms with Crippen molar-refractivity contribution in [2.75, 3.05) is 25.5 Å². The predicted octanol–water partition coefficient (Wildman–Crippen LogP) is 1.61. The van der Waals surface area contributed by atoms with E-state index in [4.69, 9.17) is 4.74 Å². The first-order valence-electron chi connectivity index (χ1n) is 8.02. The van der Waals surface area contributed by atoms with Gasteiger partial charge in [0.25, 0.3) is 0 Å². The zero-order valence-electron chi connectivity index (χ0n) is 13.2. The van der Waals surface area contributed by atoms with Crippen molar-refractivity contribution in [1.29, 1.82) is 0 Å². The number of nitrogens with one attached hydrogen (secondary N) is 2. The lowest BCUT2D eigenvalue weighted by Crippen LogP contribution is -2.48. The van der Waals surface area contributed by atoms with Crippen molar-refractivity contribution >= 4 is 17.6 Å². The average molecular weight is 318 g/mol. The third-order valence-electron chi connectivity index (χ3n) is 4.27. The fraction of sp³-hybridized carbons (Fsp3) is 0.562. The van der Waals surface area contributed by atoms with Crippen LogP contribution in [0.3, 0.4) is 0 Å². The van der Waals surface area contributed by atoms with Crippen molar-refractivity contribution in [2.45, 2.75) is 31.7 Å². The molecule has 1 aromatic heterocycles. The molecule has 3 amide bonds. The summed E-state index contributed by atoms with van der Waals surface area (Å²) in [5, 5.41) is 5.91. The number of rotatable bonds is 4. The minimum atomic E-state index is -0.135. The average Bonchev–Trinajstić information content (AvgIpc) is 3.41. The van der Waals surface area contributed by atoms with Crippen molar-refractivity contribution in [3.8, 4) is 5.88 Å². The van der Waals surface area contributed by atoms with Gasteiger partial charge in [-0.05, 0) is 31.7 Å². The summed E-state index contributed by atoms with van der Waals surface area (Å²) in [5.41, 5.74) is 0.639. The van der Waals surface area contributed by atoms with E-state index in [1.54, 1.807) is 30.3 Å². The van der Waals surface area contributed by atoms with E-state index in [2.05, 4.69) is 15.6 Å². The summed E-state index contributed by atoms with van der Waals surface area (Å²) in [5.74, 6) is 0.923. The second-order valence-corrected chi connectivity index (χ2v) is 6.06. The van der Waals surface area contributed by atoms with Crippen molar-refractivity contribution < 1.29 is 14.3 Å². The molecule has 0 unspecified atom stereocenters. The van der Waals surface area contributed by atoms with Gasteiger partial charge in [0.05, 0.1) is 19.0 Å². The van der Waals surface area contributed by atoms with Gasteiger partial charge in [-0.15, -0.1) is 0 Å². The largest absolute Gasteiger partial charge is 0.481 e.